The molecule has 0 aromatic carbocycles. The molecule has 0 bridgehead atoms. The molecule has 1 aliphatic carbocycles. The number of amides is 2. The molecule has 0 aliphatic heterocycles. The smallest absolute Gasteiger partial charge is 0.242 e. The van der Waals surface area contributed by atoms with E-state index >= 15 is 0 Å². The molecule has 0 saturated heterocycles. The quantitative estimate of drug-likeness (QED) is 0.545. The van der Waals surface area contributed by atoms with Crippen molar-refractivity contribution < 1.29 is 9.59 Å². The number of thioether (sulfide) groups is 1. The van der Waals surface area contributed by atoms with E-state index in [2.05, 4.69) is 20.6 Å². The van der Waals surface area contributed by atoms with Gasteiger partial charge in [0.05, 0.1) is 5.75 Å². The Balaban J connectivity index is 1.69. The van der Waals surface area contributed by atoms with Gasteiger partial charge in [0.25, 0.3) is 0 Å². The number of rotatable bonds is 7. The average Bonchev–Trinajstić information content (AvgIpc) is 3.02. The zero-order valence-electron chi connectivity index (χ0n) is 16.1. The lowest BCUT2D eigenvalue weighted by Gasteiger charge is -2.14. The van der Waals surface area contributed by atoms with E-state index in [-0.39, 0.29) is 17.6 Å². The van der Waals surface area contributed by atoms with Crippen molar-refractivity contribution in [1.29, 1.82) is 0 Å². The molecular formula is C19H26N4O2S2. The van der Waals surface area contributed by atoms with Crippen molar-refractivity contribution in [1.82, 2.24) is 20.6 Å². The van der Waals surface area contributed by atoms with Gasteiger partial charge >= 0.3 is 0 Å². The lowest BCUT2D eigenvalue weighted by molar-refractivity contribution is -0.127. The third-order valence-corrected chi connectivity index (χ3v) is 6.71. The topological polar surface area (TPSA) is 84.0 Å². The Hall–Kier alpha value is -1.67. The highest BCUT2D eigenvalue weighted by molar-refractivity contribution is 8.00. The van der Waals surface area contributed by atoms with Crippen molar-refractivity contribution in [2.75, 3.05) is 12.3 Å². The summed E-state index contributed by atoms with van der Waals surface area (Å²) in [5, 5.41) is 7.57. The Morgan fingerprint density at radius 1 is 1.26 bits per heavy atom. The SMILES string of the molecule is CCCNC(=O)[C@@H](C)NC(=O)CSc1nc(C)nc2sc3c(c12)CCCC3. The van der Waals surface area contributed by atoms with Gasteiger partial charge in [-0.2, -0.15) is 0 Å². The molecule has 2 amide bonds. The van der Waals surface area contributed by atoms with Crippen LogP contribution in [0.4, 0.5) is 0 Å². The number of aryl methyl sites for hydroxylation is 3. The second kappa shape index (κ2) is 9.01. The fourth-order valence-corrected chi connectivity index (χ4v) is 5.50. The number of hydrogen-bond acceptors (Lipinski definition) is 6. The van der Waals surface area contributed by atoms with Crippen molar-refractivity contribution in [3.63, 3.8) is 0 Å². The molecule has 2 aromatic heterocycles. The van der Waals surface area contributed by atoms with Gasteiger partial charge in [-0.1, -0.05) is 18.7 Å². The Bertz CT molecular complexity index is 850. The number of fused-ring (bicyclic) bond motifs is 3. The van der Waals surface area contributed by atoms with Crippen LogP contribution in [-0.4, -0.2) is 40.1 Å². The van der Waals surface area contributed by atoms with E-state index in [4.69, 9.17) is 0 Å². The van der Waals surface area contributed by atoms with Gasteiger partial charge in [-0.05, 0) is 51.5 Å². The summed E-state index contributed by atoms with van der Waals surface area (Å²) in [6.07, 6.45) is 5.48. The number of aromatic nitrogens is 2. The van der Waals surface area contributed by atoms with Crippen molar-refractivity contribution in [2.24, 2.45) is 0 Å². The van der Waals surface area contributed by atoms with Gasteiger partial charge in [0, 0.05) is 16.8 Å². The van der Waals surface area contributed by atoms with Crippen molar-refractivity contribution in [2.45, 2.75) is 63.9 Å². The minimum absolute atomic E-state index is 0.151. The van der Waals surface area contributed by atoms with Gasteiger partial charge in [-0.15, -0.1) is 11.3 Å². The largest absolute Gasteiger partial charge is 0.354 e. The van der Waals surface area contributed by atoms with Crippen LogP contribution in [-0.2, 0) is 22.4 Å². The summed E-state index contributed by atoms with van der Waals surface area (Å²) in [5.74, 6) is 0.660. The summed E-state index contributed by atoms with van der Waals surface area (Å²) >= 11 is 3.20. The molecule has 2 aromatic rings. The molecule has 2 N–H and O–H groups in total. The number of carbonyl (C=O) groups excluding carboxylic acids is 2. The third-order valence-electron chi connectivity index (χ3n) is 4.55. The first kappa shape index (κ1) is 20.1. The average molecular weight is 407 g/mol. The van der Waals surface area contributed by atoms with Gasteiger partial charge in [-0.25, -0.2) is 9.97 Å². The number of thiophene rings is 1. The van der Waals surface area contributed by atoms with Crippen molar-refractivity contribution in [3.05, 3.63) is 16.3 Å². The minimum atomic E-state index is -0.536. The summed E-state index contributed by atoms with van der Waals surface area (Å²) in [7, 11) is 0. The van der Waals surface area contributed by atoms with Crippen LogP contribution in [0, 0.1) is 6.92 Å². The number of nitrogens with one attached hydrogen (secondary N) is 2. The molecule has 2 heterocycles. The predicted molar refractivity (Wildman–Crippen MR) is 110 cm³/mol. The summed E-state index contributed by atoms with van der Waals surface area (Å²) in [6, 6.07) is -0.536. The Labute approximate surface area is 167 Å². The molecule has 0 radical (unpaired) electrons. The normalized spacial score (nSPS) is 14.6. The lowest BCUT2D eigenvalue weighted by atomic mass is 9.97. The summed E-state index contributed by atoms with van der Waals surface area (Å²) < 4.78 is 0. The molecular weight excluding hydrogens is 380 g/mol. The second-order valence-corrected chi connectivity index (χ2v) is 8.88. The van der Waals surface area contributed by atoms with Crippen LogP contribution in [0.5, 0.6) is 0 Å². The van der Waals surface area contributed by atoms with Crippen LogP contribution in [0.3, 0.4) is 0 Å². The van der Waals surface area contributed by atoms with Gasteiger partial charge in [0.2, 0.25) is 11.8 Å². The first-order chi connectivity index (χ1) is 13.0. The van der Waals surface area contributed by atoms with Gasteiger partial charge in [0.1, 0.15) is 21.7 Å². The monoisotopic (exact) mass is 406 g/mol. The standard InChI is InChI=1S/C19H26N4O2S2/c1-4-9-20-17(25)11(2)21-15(24)10-26-18-16-13-7-5-6-8-14(13)27-19(16)23-12(3)22-18/h11H,4-10H2,1-3H3,(H,20,25)(H,21,24)/t11-/m1/s1. The van der Waals surface area contributed by atoms with Crippen molar-refractivity contribution in [3.8, 4) is 0 Å². The number of nitrogens with zero attached hydrogens (tertiary/aromatic N) is 2. The van der Waals surface area contributed by atoms with Crippen LogP contribution in [0.25, 0.3) is 10.2 Å². The molecule has 8 heteroatoms. The molecule has 1 atom stereocenters. The van der Waals surface area contributed by atoms with E-state index in [1.165, 1.54) is 35.0 Å². The molecule has 146 valence electrons. The van der Waals surface area contributed by atoms with Gasteiger partial charge in [-0.3, -0.25) is 9.59 Å². The lowest BCUT2D eigenvalue weighted by Crippen LogP contribution is -2.45. The molecule has 0 saturated carbocycles. The second-order valence-electron chi connectivity index (χ2n) is 6.84. The predicted octanol–water partition coefficient (Wildman–Crippen LogP) is 3.00. The minimum Gasteiger partial charge on any atom is -0.354 e. The highest BCUT2D eigenvalue weighted by Crippen LogP contribution is 2.39. The van der Waals surface area contributed by atoms with Crippen molar-refractivity contribution >= 4 is 45.1 Å². The number of hydrogen-bond donors (Lipinski definition) is 2. The Kier molecular flexibility index (Phi) is 6.70. The first-order valence-electron chi connectivity index (χ1n) is 9.48. The van der Waals surface area contributed by atoms with E-state index in [0.29, 0.717) is 6.54 Å². The zero-order chi connectivity index (χ0) is 19.4. The molecule has 0 fully saturated rings. The fourth-order valence-electron chi connectivity index (χ4n) is 3.21. The highest BCUT2D eigenvalue weighted by Gasteiger charge is 2.22. The van der Waals surface area contributed by atoms with Crippen LogP contribution in [0.1, 0.15) is 49.4 Å². The maximum Gasteiger partial charge on any atom is 0.242 e. The molecule has 3 rings (SSSR count). The van der Waals surface area contributed by atoms with Gasteiger partial charge < -0.3 is 10.6 Å². The molecule has 1 aliphatic rings. The zero-order valence-corrected chi connectivity index (χ0v) is 17.7. The van der Waals surface area contributed by atoms with E-state index in [1.807, 2.05) is 13.8 Å². The summed E-state index contributed by atoms with van der Waals surface area (Å²) in [5.41, 5.74) is 1.37. The first-order valence-corrected chi connectivity index (χ1v) is 11.3. The van der Waals surface area contributed by atoms with Crippen LogP contribution >= 0.6 is 23.1 Å². The number of carbonyl (C=O) groups is 2. The maximum absolute atomic E-state index is 12.3. The Morgan fingerprint density at radius 2 is 2.04 bits per heavy atom. The molecule has 27 heavy (non-hydrogen) atoms. The molecule has 0 spiro atoms. The van der Waals surface area contributed by atoms with Gasteiger partial charge in [0.15, 0.2) is 0 Å². The van der Waals surface area contributed by atoms with Crippen LogP contribution in [0.2, 0.25) is 0 Å². The van der Waals surface area contributed by atoms with Crippen LogP contribution < -0.4 is 10.6 Å². The maximum atomic E-state index is 12.3. The summed E-state index contributed by atoms with van der Waals surface area (Å²) in [4.78, 5) is 35.9. The van der Waals surface area contributed by atoms with E-state index in [9.17, 15) is 9.59 Å². The van der Waals surface area contributed by atoms with E-state index < -0.39 is 6.04 Å². The van der Waals surface area contributed by atoms with E-state index in [0.717, 1.165) is 40.3 Å². The molecule has 6 nitrogen and oxygen atoms in total. The molecule has 0 unspecified atom stereocenters. The summed E-state index contributed by atoms with van der Waals surface area (Å²) in [6.45, 7) is 6.21. The highest BCUT2D eigenvalue weighted by atomic mass is 32.2. The third kappa shape index (κ3) is 4.79. The van der Waals surface area contributed by atoms with Crippen LogP contribution in [0.15, 0.2) is 5.03 Å². The fraction of sp³-hybridized carbons (Fsp3) is 0.579. The van der Waals surface area contributed by atoms with E-state index in [1.54, 1.807) is 18.3 Å². The Morgan fingerprint density at radius 3 is 2.81 bits per heavy atom.